The Hall–Kier alpha value is -0.910. The molecule has 0 saturated carbocycles. The highest BCUT2D eigenvalue weighted by molar-refractivity contribution is 7.84. The zero-order chi connectivity index (χ0) is 15.3. The number of ether oxygens (including phenoxy) is 1. The summed E-state index contributed by atoms with van der Waals surface area (Å²) in [6.45, 7) is 5.59. The van der Waals surface area contributed by atoms with Crippen molar-refractivity contribution >= 4 is 28.6 Å². The van der Waals surface area contributed by atoms with Crippen LogP contribution in [0, 0.1) is 0 Å². The molecule has 20 heavy (non-hydrogen) atoms. The maximum atomic E-state index is 12.2. The number of halogens is 1. The molecule has 112 valence electrons. The minimum Gasteiger partial charge on any atom is -0.469 e. The number of esters is 1. The van der Waals surface area contributed by atoms with Gasteiger partial charge in [-0.15, -0.1) is 0 Å². The van der Waals surface area contributed by atoms with Crippen LogP contribution < -0.4 is 4.72 Å². The molecule has 1 rings (SSSR count). The molecule has 0 heterocycles. The van der Waals surface area contributed by atoms with Crippen LogP contribution in [0.15, 0.2) is 24.3 Å². The normalized spacial score (nSPS) is 14.7. The highest BCUT2D eigenvalue weighted by Gasteiger charge is 2.25. The molecule has 2 atom stereocenters. The second kappa shape index (κ2) is 7.20. The Labute approximate surface area is 127 Å². The van der Waals surface area contributed by atoms with Gasteiger partial charge in [0.15, 0.2) is 0 Å². The monoisotopic (exact) mass is 317 g/mol. The van der Waals surface area contributed by atoms with Gasteiger partial charge in [-0.3, -0.25) is 4.79 Å². The van der Waals surface area contributed by atoms with Crippen LogP contribution in [0.2, 0.25) is 5.02 Å². The molecule has 0 aliphatic rings. The molecule has 0 saturated heterocycles. The quantitative estimate of drug-likeness (QED) is 0.849. The summed E-state index contributed by atoms with van der Waals surface area (Å²) in [5, 5.41) is 0.570. The first-order valence-electron chi connectivity index (χ1n) is 6.24. The van der Waals surface area contributed by atoms with Gasteiger partial charge in [0, 0.05) is 5.02 Å². The molecule has 1 N–H and O–H groups in total. The lowest BCUT2D eigenvalue weighted by Crippen LogP contribution is -2.36. The molecule has 1 aromatic carbocycles. The van der Waals surface area contributed by atoms with E-state index in [1.807, 2.05) is 26.8 Å². The fourth-order valence-corrected chi connectivity index (χ4v) is 2.54. The predicted octanol–water partition coefficient (Wildman–Crippen LogP) is 3.00. The molecule has 0 radical (unpaired) electrons. The standard InChI is InChI=1S/C14H20ClNO3S/c1-14(2,3)20(18)16-12(9-13(17)19-4)10-6-5-7-11(15)8-10/h5-8,12,16H,9H2,1-4H3/t12-,20?/m0/s1. The van der Waals surface area contributed by atoms with E-state index in [1.165, 1.54) is 7.11 Å². The van der Waals surface area contributed by atoms with Crippen LogP contribution in [0.1, 0.15) is 38.8 Å². The second-order valence-corrected chi connectivity index (χ2v) is 7.82. The fourth-order valence-electron chi connectivity index (χ4n) is 1.51. The van der Waals surface area contributed by atoms with E-state index in [-0.39, 0.29) is 12.4 Å². The molecule has 0 amide bonds. The predicted molar refractivity (Wildman–Crippen MR) is 81.9 cm³/mol. The van der Waals surface area contributed by atoms with Crippen molar-refractivity contribution in [2.24, 2.45) is 0 Å². The molecule has 0 spiro atoms. The first kappa shape index (κ1) is 17.1. The van der Waals surface area contributed by atoms with Crippen molar-refractivity contribution in [3.8, 4) is 0 Å². The molecule has 4 nitrogen and oxygen atoms in total. The van der Waals surface area contributed by atoms with Crippen LogP contribution in [0.25, 0.3) is 0 Å². The number of carbonyl (C=O) groups excluding carboxylic acids is 1. The zero-order valence-corrected chi connectivity index (χ0v) is 13.7. The summed E-state index contributed by atoms with van der Waals surface area (Å²) in [5.41, 5.74) is 0.806. The Kier molecular flexibility index (Phi) is 6.17. The van der Waals surface area contributed by atoms with Gasteiger partial charge in [0.2, 0.25) is 0 Å². The van der Waals surface area contributed by atoms with E-state index in [0.717, 1.165) is 5.56 Å². The Bertz CT molecular complexity index is 499. The summed E-state index contributed by atoms with van der Waals surface area (Å²) in [6.07, 6.45) is 0.0959. The summed E-state index contributed by atoms with van der Waals surface area (Å²) in [5.74, 6) is -0.367. The first-order valence-corrected chi connectivity index (χ1v) is 7.77. The highest BCUT2D eigenvalue weighted by atomic mass is 35.5. The number of hydrogen-bond acceptors (Lipinski definition) is 3. The molecule has 0 bridgehead atoms. The maximum Gasteiger partial charge on any atom is 0.307 e. The second-order valence-electron chi connectivity index (χ2n) is 5.39. The van der Waals surface area contributed by atoms with Crippen molar-refractivity contribution in [1.29, 1.82) is 0 Å². The van der Waals surface area contributed by atoms with Gasteiger partial charge >= 0.3 is 5.97 Å². The number of nitrogens with one attached hydrogen (secondary N) is 1. The average molecular weight is 318 g/mol. The van der Waals surface area contributed by atoms with Gasteiger partial charge < -0.3 is 4.74 Å². The maximum absolute atomic E-state index is 12.2. The average Bonchev–Trinajstić information content (AvgIpc) is 2.36. The third kappa shape index (κ3) is 5.23. The Morgan fingerprint density at radius 1 is 1.45 bits per heavy atom. The van der Waals surface area contributed by atoms with Gasteiger partial charge in [-0.05, 0) is 38.5 Å². The smallest absolute Gasteiger partial charge is 0.307 e. The third-order valence-electron chi connectivity index (χ3n) is 2.65. The first-order chi connectivity index (χ1) is 9.24. The van der Waals surface area contributed by atoms with Crippen LogP contribution in [-0.4, -0.2) is 22.0 Å². The largest absolute Gasteiger partial charge is 0.469 e. The molecule has 1 unspecified atom stereocenters. The molecule has 1 aromatic rings. The summed E-state index contributed by atoms with van der Waals surface area (Å²) < 4.78 is 19.5. The minimum absolute atomic E-state index is 0.0959. The van der Waals surface area contributed by atoms with Crippen molar-refractivity contribution in [2.45, 2.75) is 38.0 Å². The fraction of sp³-hybridized carbons (Fsp3) is 0.500. The lowest BCUT2D eigenvalue weighted by molar-refractivity contribution is -0.141. The number of rotatable bonds is 5. The molecular formula is C14H20ClNO3S. The van der Waals surface area contributed by atoms with E-state index >= 15 is 0 Å². The van der Waals surface area contributed by atoms with E-state index in [1.54, 1.807) is 18.2 Å². The van der Waals surface area contributed by atoms with E-state index in [9.17, 15) is 9.00 Å². The van der Waals surface area contributed by atoms with E-state index in [4.69, 9.17) is 11.6 Å². The summed E-state index contributed by atoms with van der Waals surface area (Å²) in [7, 11) is 0.0377. The van der Waals surface area contributed by atoms with Crippen molar-refractivity contribution in [3.05, 3.63) is 34.9 Å². The van der Waals surface area contributed by atoms with Gasteiger partial charge in [0.05, 0.1) is 35.3 Å². The van der Waals surface area contributed by atoms with Crippen LogP contribution in [-0.2, 0) is 20.5 Å². The van der Waals surface area contributed by atoms with E-state index < -0.39 is 21.8 Å². The lowest BCUT2D eigenvalue weighted by atomic mass is 10.1. The van der Waals surface area contributed by atoms with Crippen molar-refractivity contribution < 1.29 is 13.7 Å². The Morgan fingerprint density at radius 3 is 2.60 bits per heavy atom. The van der Waals surface area contributed by atoms with Crippen LogP contribution in [0.3, 0.4) is 0 Å². The van der Waals surface area contributed by atoms with Crippen LogP contribution >= 0.6 is 11.6 Å². The van der Waals surface area contributed by atoms with Gasteiger partial charge in [0.25, 0.3) is 0 Å². The minimum atomic E-state index is -1.29. The molecule has 6 heteroatoms. The molecule has 0 fully saturated rings. The summed E-state index contributed by atoms with van der Waals surface area (Å²) in [4.78, 5) is 11.5. The van der Waals surface area contributed by atoms with Crippen molar-refractivity contribution in [1.82, 2.24) is 4.72 Å². The summed E-state index contributed by atoms with van der Waals surface area (Å²) >= 11 is 5.97. The van der Waals surface area contributed by atoms with Crippen molar-refractivity contribution in [2.75, 3.05) is 7.11 Å². The van der Waals surface area contributed by atoms with Crippen molar-refractivity contribution in [3.63, 3.8) is 0 Å². The van der Waals surface area contributed by atoms with Crippen LogP contribution in [0.5, 0.6) is 0 Å². The van der Waals surface area contributed by atoms with Gasteiger partial charge in [-0.2, -0.15) is 0 Å². The van der Waals surface area contributed by atoms with Crippen LogP contribution in [0.4, 0.5) is 0 Å². The molecule has 0 aliphatic carbocycles. The molecular weight excluding hydrogens is 298 g/mol. The molecule has 0 aliphatic heterocycles. The topological polar surface area (TPSA) is 55.4 Å². The number of hydrogen-bond donors (Lipinski definition) is 1. The van der Waals surface area contributed by atoms with E-state index in [2.05, 4.69) is 9.46 Å². The molecule has 0 aromatic heterocycles. The number of carbonyl (C=O) groups is 1. The Morgan fingerprint density at radius 2 is 2.10 bits per heavy atom. The highest BCUT2D eigenvalue weighted by Crippen LogP contribution is 2.23. The van der Waals surface area contributed by atoms with Gasteiger partial charge in [-0.25, -0.2) is 8.93 Å². The number of benzene rings is 1. The summed E-state index contributed by atoms with van der Waals surface area (Å²) in [6, 6.07) is 6.74. The Balaban J connectivity index is 2.97. The zero-order valence-electron chi connectivity index (χ0n) is 12.1. The SMILES string of the molecule is COC(=O)C[C@H](NS(=O)C(C)(C)C)c1cccc(Cl)c1. The lowest BCUT2D eigenvalue weighted by Gasteiger charge is -2.24. The van der Waals surface area contributed by atoms with Gasteiger partial charge in [0.1, 0.15) is 0 Å². The number of methoxy groups -OCH3 is 1. The van der Waals surface area contributed by atoms with E-state index in [0.29, 0.717) is 5.02 Å². The van der Waals surface area contributed by atoms with Gasteiger partial charge in [-0.1, -0.05) is 23.7 Å². The third-order valence-corrected chi connectivity index (χ3v) is 4.50.